The zero-order chi connectivity index (χ0) is 19.2. The van der Waals surface area contributed by atoms with Gasteiger partial charge < -0.3 is 16.0 Å². The van der Waals surface area contributed by atoms with Crippen LogP contribution in [0.25, 0.3) is 0 Å². The zero-order valence-electron chi connectivity index (χ0n) is 14.8. The van der Waals surface area contributed by atoms with Gasteiger partial charge in [-0.3, -0.25) is 0 Å². The standard InChI is InChI=1S/C20H22Cl2FN3O/c21-16-10-5-13(11-17(16)22)12-24-18-3-1-2-4-19(18)26-20(27)25-15-8-6-14(23)7-9-15/h5-11,18-19,24H,1-4,12H2,(H2,25,26,27)/t18-,19+/m0/s1. The van der Waals surface area contributed by atoms with Gasteiger partial charge >= 0.3 is 6.03 Å². The van der Waals surface area contributed by atoms with Gasteiger partial charge in [-0.05, 0) is 54.8 Å². The van der Waals surface area contributed by atoms with Crippen LogP contribution in [0.5, 0.6) is 0 Å². The van der Waals surface area contributed by atoms with E-state index < -0.39 is 0 Å². The molecule has 2 aromatic carbocycles. The molecular formula is C20H22Cl2FN3O. The van der Waals surface area contributed by atoms with E-state index in [2.05, 4.69) is 16.0 Å². The quantitative estimate of drug-likeness (QED) is 0.622. The highest BCUT2D eigenvalue weighted by Crippen LogP contribution is 2.23. The van der Waals surface area contributed by atoms with Crippen LogP contribution in [0.2, 0.25) is 10.0 Å². The SMILES string of the molecule is O=C(Nc1ccc(F)cc1)N[C@@H]1CCCC[C@@H]1NCc1ccc(Cl)c(Cl)c1. The van der Waals surface area contributed by atoms with E-state index in [-0.39, 0.29) is 23.9 Å². The summed E-state index contributed by atoms with van der Waals surface area (Å²) in [5.41, 5.74) is 1.61. The molecule has 0 aromatic heterocycles. The minimum absolute atomic E-state index is 0.0296. The molecule has 27 heavy (non-hydrogen) atoms. The van der Waals surface area contributed by atoms with E-state index in [1.54, 1.807) is 6.07 Å². The van der Waals surface area contributed by atoms with Crippen LogP contribution in [-0.2, 0) is 6.54 Å². The molecule has 2 amide bonds. The van der Waals surface area contributed by atoms with Gasteiger partial charge in [-0.2, -0.15) is 0 Å². The van der Waals surface area contributed by atoms with E-state index in [0.29, 0.717) is 22.3 Å². The molecule has 0 bridgehead atoms. The van der Waals surface area contributed by atoms with Crippen molar-refractivity contribution < 1.29 is 9.18 Å². The predicted octanol–water partition coefficient (Wildman–Crippen LogP) is 5.36. The summed E-state index contributed by atoms with van der Waals surface area (Å²) in [5, 5.41) is 10.4. The van der Waals surface area contributed by atoms with Gasteiger partial charge in [0, 0.05) is 24.3 Å². The number of hydrogen-bond acceptors (Lipinski definition) is 2. The number of nitrogens with one attached hydrogen (secondary N) is 3. The van der Waals surface area contributed by atoms with Crippen LogP contribution in [0.3, 0.4) is 0 Å². The Bertz CT molecular complexity index is 785. The number of benzene rings is 2. The summed E-state index contributed by atoms with van der Waals surface area (Å²) >= 11 is 12.0. The highest BCUT2D eigenvalue weighted by atomic mass is 35.5. The van der Waals surface area contributed by atoms with E-state index in [1.165, 1.54) is 24.3 Å². The first-order valence-corrected chi connectivity index (χ1v) is 9.77. The number of rotatable bonds is 5. The Morgan fingerprint density at radius 2 is 1.70 bits per heavy atom. The maximum absolute atomic E-state index is 13.0. The predicted molar refractivity (Wildman–Crippen MR) is 108 cm³/mol. The van der Waals surface area contributed by atoms with E-state index in [0.717, 1.165) is 31.2 Å². The summed E-state index contributed by atoms with van der Waals surface area (Å²) in [6, 6.07) is 11.2. The van der Waals surface area contributed by atoms with E-state index >= 15 is 0 Å². The van der Waals surface area contributed by atoms with Crippen LogP contribution >= 0.6 is 23.2 Å². The smallest absolute Gasteiger partial charge is 0.319 e. The van der Waals surface area contributed by atoms with Gasteiger partial charge in [-0.15, -0.1) is 0 Å². The molecule has 0 aliphatic heterocycles. The molecule has 3 N–H and O–H groups in total. The lowest BCUT2D eigenvalue weighted by Gasteiger charge is -2.33. The molecule has 4 nitrogen and oxygen atoms in total. The highest BCUT2D eigenvalue weighted by molar-refractivity contribution is 6.42. The van der Waals surface area contributed by atoms with Crippen LogP contribution in [0.1, 0.15) is 31.2 Å². The summed E-state index contributed by atoms with van der Waals surface area (Å²) in [6.45, 7) is 0.652. The lowest BCUT2D eigenvalue weighted by atomic mass is 9.90. The van der Waals surface area contributed by atoms with Crippen molar-refractivity contribution in [2.24, 2.45) is 0 Å². The van der Waals surface area contributed by atoms with Crippen molar-refractivity contribution >= 4 is 34.9 Å². The average molecular weight is 410 g/mol. The van der Waals surface area contributed by atoms with Crippen LogP contribution in [-0.4, -0.2) is 18.1 Å². The molecular weight excluding hydrogens is 388 g/mol. The molecule has 0 spiro atoms. The number of anilines is 1. The van der Waals surface area contributed by atoms with Crippen molar-refractivity contribution in [1.29, 1.82) is 0 Å². The van der Waals surface area contributed by atoms with Crippen molar-refractivity contribution in [3.63, 3.8) is 0 Å². The Hall–Kier alpha value is -1.82. The number of carbonyl (C=O) groups excluding carboxylic acids is 1. The van der Waals surface area contributed by atoms with Gasteiger partial charge in [0.05, 0.1) is 10.0 Å². The lowest BCUT2D eigenvalue weighted by molar-refractivity contribution is 0.234. The third-order valence-electron chi connectivity index (χ3n) is 4.74. The summed E-state index contributed by atoms with van der Waals surface area (Å²) in [5.74, 6) is -0.334. The van der Waals surface area contributed by atoms with Gasteiger partial charge in [-0.25, -0.2) is 9.18 Å². The molecule has 0 heterocycles. The lowest BCUT2D eigenvalue weighted by Crippen LogP contribution is -2.52. The molecule has 7 heteroatoms. The normalized spacial score (nSPS) is 19.5. The Morgan fingerprint density at radius 3 is 2.41 bits per heavy atom. The summed E-state index contributed by atoms with van der Waals surface area (Å²) < 4.78 is 13.0. The van der Waals surface area contributed by atoms with Crippen LogP contribution in [0, 0.1) is 5.82 Å². The average Bonchev–Trinajstić information content (AvgIpc) is 2.65. The van der Waals surface area contributed by atoms with Crippen molar-refractivity contribution in [3.05, 3.63) is 63.9 Å². The van der Waals surface area contributed by atoms with Crippen molar-refractivity contribution in [1.82, 2.24) is 10.6 Å². The van der Waals surface area contributed by atoms with E-state index in [9.17, 15) is 9.18 Å². The molecule has 1 aliphatic carbocycles. The van der Waals surface area contributed by atoms with Gasteiger partial charge in [-0.1, -0.05) is 42.1 Å². The van der Waals surface area contributed by atoms with Crippen LogP contribution in [0.4, 0.5) is 14.9 Å². The second-order valence-electron chi connectivity index (χ2n) is 6.73. The summed E-state index contributed by atoms with van der Waals surface area (Å²) in [4.78, 5) is 12.3. The Morgan fingerprint density at radius 1 is 1.00 bits per heavy atom. The minimum atomic E-state index is -0.334. The molecule has 3 rings (SSSR count). The fourth-order valence-corrected chi connectivity index (χ4v) is 3.64. The highest BCUT2D eigenvalue weighted by Gasteiger charge is 2.26. The monoisotopic (exact) mass is 409 g/mol. The number of amides is 2. The Balaban J connectivity index is 1.55. The minimum Gasteiger partial charge on any atom is -0.334 e. The van der Waals surface area contributed by atoms with Crippen molar-refractivity contribution in [3.8, 4) is 0 Å². The Kier molecular flexibility index (Phi) is 6.94. The van der Waals surface area contributed by atoms with Crippen molar-refractivity contribution in [2.75, 3.05) is 5.32 Å². The fourth-order valence-electron chi connectivity index (χ4n) is 3.32. The molecule has 0 saturated heterocycles. The maximum Gasteiger partial charge on any atom is 0.319 e. The van der Waals surface area contributed by atoms with Crippen LogP contribution in [0.15, 0.2) is 42.5 Å². The molecule has 0 unspecified atom stereocenters. The first-order valence-electron chi connectivity index (χ1n) is 9.01. The molecule has 1 saturated carbocycles. The number of carbonyl (C=O) groups is 1. The second kappa shape index (κ2) is 9.40. The summed E-state index contributed by atoms with van der Waals surface area (Å²) in [6.07, 6.45) is 4.10. The molecule has 144 valence electrons. The third-order valence-corrected chi connectivity index (χ3v) is 5.48. The largest absolute Gasteiger partial charge is 0.334 e. The number of hydrogen-bond donors (Lipinski definition) is 3. The molecule has 2 atom stereocenters. The summed E-state index contributed by atoms with van der Waals surface area (Å²) in [7, 11) is 0. The number of halogens is 3. The van der Waals surface area contributed by atoms with E-state index in [1.807, 2.05) is 12.1 Å². The van der Waals surface area contributed by atoms with Crippen LogP contribution < -0.4 is 16.0 Å². The van der Waals surface area contributed by atoms with Gasteiger partial charge in [0.25, 0.3) is 0 Å². The number of urea groups is 1. The first-order chi connectivity index (χ1) is 13.0. The molecule has 2 aromatic rings. The van der Waals surface area contributed by atoms with Gasteiger partial charge in [0.1, 0.15) is 5.82 Å². The Labute approximate surface area is 168 Å². The molecule has 1 aliphatic rings. The van der Waals surface area contributed by atoms with Gasteiger partial charge in [0.15, 0.2) is 0 Å². The van der Waals surface area contributed by atoms with E-state index in [4.69, 9.17) is 23.2 Å². The fraction of sp³-hybridized carbons (Fsp3) is 0.350. The molecule has 1 fully saturated rings. The topological polar surface area (TPSA) is 53.2 Å². The van der Waals surface area contributed by atoms with Crippen molar-refractivity contribution in [2.45, 2.75) is 44.3 Å². The second-order valence-corrected chi connectivity index (χ2v) is 7.55. The molecule has 0 radical (unpaired) electrons. The van der Waals surface area contributed by atoms with Gasteiger partial charge in [0.2, 0.25) is 0 Å². The third kappa shape index (κ3) is 5.83. The first kappa shape index (κ1) is 19.9. The maximum atomic E-state index is 13.0. The zero-order valence-corrected chi connectivity index (χ0v) is 16.3.